The van der Waals surface area contributed by atoms with Crippen molar-refractivity contribution in [3.63, 3.8) is 0 Å². The summed E-state index contributed by atoms with van der Waals surface area (Å²) in [5.41, 5.74) is 0. The van der Waals surface area contributed by atoms with Gasteiger partial charge in [-0.1, -0.05) is 45.6 Å². The van der Waals surface area contributed by atoms with Gasteiger partial charge in [0.05, 0.1) is 0 Å². The van der Waals surface area contributed by atoms with Crippen LogP contribution in [0.4, 0.5) is 0 Å². The first-order valence-corrected chi connectivity index (χ1v) is 3.69. The van der Waals surface area contributed by atoms with Gasteiger partial charge in [-0.3, -0.25) is 0 Å². The van der Waals surface area contributed by atoms with Crippen LogP contribution in [0, 0.1) is 0 Å². The summed E-state index contributed by atoms with van der Waals surface area (Å²) in [6.07, 6.45) is 6.89. The summed E-state index contributed by atoms with van der Waals surface area (Å²) in [6, 6.07) is 0. The molecule has 0 saturated carbocycles. The molecule has 0 fully saturated rings. The number of allylic oxidation sites excluding steroid dienone is 3. The molecule has 60 valence electrons. The fourth-order valence-corrected chi connectivity index (χ4v) is 0.232. The van der Waals surface area contributed by atoms with Crippen molar-refractivity contribution in [1.29, 1.82) is 0 Å². The summed E-state index contributed by atoms with van der Waals surface area (Å²) >= 11 is 0. The molecule has 0 heteroatoms. The van der Waals surface area contributed by atoms with Gasteiger partial charge in [0.1, 0.15) is 0 Å². The van der Waals surface area contributed by atoms with E-state index in [1.54, 1.807) is 6.08 Å². The van der Waals surface area contributed by atoms with Crippen LogP contribution in [-0.2, 0) is 0 Å². The molecule has 0 bridgehead atoms. The Kier molecular flexibility index (Phi) is 66.5. The summed E-state index contributed by atoms with van der Waals surface area (Å²) in [5, 5.41) is 0. The highest BCUT2D eigenvalue weighted by molar-refractivity contribution is 4.96. The van der Waals surface area contributed by atoms with Crippen LogP contribution >= 0.6 is 0 Å². The van der Waals surface area contributed by atoms with Gasteiger partial charge in [-0.2, -0.15) is 0 Å². The number of rotatable bonds is 2. The van der Waals surface area contributed by atoms with E-state index in [0.29, 0.717) is 0 Å². The molecule has 0 spiro atoms. The first-order valence-electron chi connectivity index (χ1n) is 3.69. The van der Waals surface area contributed by atoms with E-state index in [-0.39, 0.29) is 0 Å². The maximum Gasteiger partial charge on any atom is -0.0376 e. The second-order valence-corrected chi connectivity index (χ2v) is 1.07. The quantitative estimate of drug-likeness (QED) is 0.402. The zero-order valence-corrected chi connectivity index (χ0v) is 7.56. The van der Waals surface area contributed by atoms with E-state index in [4.69, 9.17) is 0 Å². The lowest BCUT2D eigenvalue weighted by atomic mass is 10.4. The van der Waals surface area contributed by atoms with Crippen LogP contribution in [0.1, 0.15) is 27.2 Å². The van der Waals surface area contributed by atoms with Crippen LogP contribution < -0.4 is 0 Å². The van der Waals surface area contributed by atoms with E-state index in [1.165, 1.54) is 0 Å². The molecular formula is C10H20. The monoisotopic (exact) mass is 140 g/mol. The zero-order chi connectivity index (χ0) is 8.83. The predicted octanol–water partition coefficient (Wildman–Crippen LogP) is 3.97. The second-order valence-electron chi connectivity index (χ2n) is 1.07. The van der Waals surface area contributed by atoms with Gasteiger partial charge in [-0.25, -0.2) is 0 Å². The third-order valence-corrected chi connectivity index (χ3v) is 0.508. The molecule has 0 aromatic heterocycles. The molecule has 0 saturated heterocycles. The second kappa shape index (κ2) is 41.3. The van der Waals surface area contributed by atoms with Crippen molar-refractivity contribution >= 4 is 0 Å². The molecule has 0 radical (unpaired) electrons. The Labute approximate surface area is 66.0 Å². The molecule has 0 atom stereocenters. The highest BCUT2D eigenvalue weighted by Crippen LogP contribution is 1.76. The van der Waals surface area contributed by atoms with Crippen LogP contribution in [0.5, 0.6) is 0 Å². The van der Waals surface area contributed by atoms with E-state index in [1.807, 2.05) is 19.9 Å². The van der Waals surface area contributed by atoms with Crippen LogP contribution in [0.2, 0.25) is 0 Å². The lowest BCUT2D eigenvalue weighted by Crippen LogP contribution is -1.46. The van der Waals surface area contributed by atoms with E-state index < -0.39 is 0 Å². The Balaban J connectivity index is -0.000000105. The van der Waals surface area contributed by atoms with Gasteiger partial charge in [-0.05, 0) is 6.42 Å². The summed E-state index contributed by atoms with van der Waals surface area (Å²) in [7, 11) is 0. The summed E-state index contributed by atoms with van der Waals surface area (Å²) in [6.45, 7) is 15.6. The number of hydrogen-bond acceptors (Lipinski definition) is 0. The minimum absolute atomic E-state index is 1.10. The maximum atomic E-state index is 3.51. The van der Waals surface area contributed by atoms with Crippen molar-refractivity contribution in [3.05, 3.63) is 38.0 Å². The van der Waals surface area contributed by atoms with Crippen molar-refractivity contribution in [2.45, 2.75) is 27.2 Å². The van der Waals surface area contributed by atoms with Crippen molar-refractivity contribution in [2.24, 2.45) is 0 Å². The third-order valence-electron chi connectivity index (χ3n) is 0.508. The van der Waals surface area contributed by atoms with Crippen LogP contribution in [0.3, 0.4) is 0 Å². The smallest absolute Gasteiger partial charge is 0.0376 e. The van der Waals surface area contributed by atoms with Crippen molar-refractivity contribution in [1.82, 2.24) is 0 Å². The normalized spacial score (nSPS) is 6.70. The van der Waals surface area contributed by atoms with E-state index >= 15 is 0 Å². The third kappa shape index (κ3) is 56.7. The standard InChI is InChI=1S/C6H10.C2H6.C2H4/c1-3-5-6-4-2;2*1-2/h3,5-6H,1,4H2,2H3;1-2H3;1-2H2/b6-5-;;. The van der Waals surface area contributed by atoms with Gasteiger partial charge < -0.3 is 0 Å². The van der Waals surface area contributed by atoms with Gasteiger partial charge >= 0.3 is 0 Å². The SMILES string of the molecule is C=C.C=C/C=C\CC.CC. The maximum absolute atomic E-state index is 3.51. The average molecular weight is 140 g/mol. The molecule has 0 nitrogen and oxygen atoms in total. The van der Waals surface area contributed by atoms with Gasteiger partial charge in [0, 0.05) is 0 Å². The minimum Gasteiger partial charge on any atom is -0.106 e. The van der Waals surface area contributed by atoms with Gasteiger partial charge in [0.15, 0.2) is 0 Å². The van der Waals surface area contributed by atoms with Crippen molar-refractivity contribution in [2.75, 3.05) is 0 Å². The lowest BCUT2D eigenvalue weighted by molar-refractivity contribution is 1.22. The summed E-state index contributed by atoms with van der Waals surface area (Å²) in [4.78, 5) is 0. The van der Waals surface area contributed by atoms with Crippen LogP contribution in [0.15, 0.2) is 38.0 Å². The summed E-state index contributed by atoms with van der Waals surface area (Å²) < 4.78 is 0. The molecule has 0 aliphatic carbocycles. The fraction of sp³-hybridized carbons (Fsp3) is 0.400. The highest BCUT2D eigenvalue weighted by Gasteiger charge is 1.55. The van der Waals surface area contributed by atoms with E-state index in [9.17, 15) is 0 Å². The molecule has 0 aliphatic heterocycles. The molecule has 0 heterocycles. The van der Waals surface area contributed by atoms with Crippen LogP contribution in [0.25, 0.3) is 0 Å². The largest absolute Gasteiger partial charge is 0.106 e. The van der Waals surface area contributed by atoms with Gasteiger partial charge in [0.25, 0.3) is 0 Å². The first kappa shape index (κ1) is 16.1. The summed E-state index contributed by atoms with van der Waals surface area (Å²) in [5.74, 6) is 0. The molecule has 0 aliphatic rings. The Morgan fingerprint density at radius 2 is 1.60 bits per heavy atom. The molecule has 0 aromatic rings. The average Bonchev–Trinajstić information content (AvgIpc) is 2.08. The molecule has 0 unspecified atom stereocenters. The van der Waals surface area contributed by atoms with E-state index in [2.05, 4.69) is 32.7 Å². The highest BCUT2D eigenvalue weighted by atomic mass is 13.6. The topological polar surface area (TPSA) is 0 Å². The molecule has 10 heavy (non-hydrogen) atoms. The van der Waals surface area contributed by atoms with Crippen molar-refractivity contribution in [3.8, 4) is 0 Å². The van der Waals surface area contributed by atoms with Crippen molar-refractivity contribution < 1.29 is 0 Å². The van der Waals surface area contributed by atoms with Gasteiger partial charge in [0.2, 0.25) is 0 Å². The molecule has 0 aromatic carbocycles. The lowest BCUT2D eigenvalue weighted by Gasteiger charge is -1.67. The molecule has 0 amide bonds. The van der Waals surface area contributed by atoms with E-state index in [0.717, 1.165) is 6.42 Å². The molecule has 0 rings (SSSR count). The molecule has 0 N–H and O–H groups in total. The Morgan fingerprint density at radius 3 is 1.70 bits per heavy atom. The van der Waals surface area contributed by atoms with Crippen LogP contribution in [-0.4, -0.2) is 0 Å². The number of hydrogen-bond donors (Lipinski definition) is 0. The Bertz CT molecular complexity index is 60.4. The zero-order valence-electron chi connectivity index (χ0n) is 7.56. The van der Waals surface area contributed by atoms with Gasteiger partial charge in [-0.15, -0.1) is 13.2 Å². The first-order chi connectivity index (χ1) is 4.91. The Hall–Kier alpha value is -0.780. The minimum atomic E-state index is 1.10. The Morgan fingerprint density at radius 1 is 1.20 bits per heavy atom. The predicted molar refractivity (Wildman–Crippen MR) is 52.2 cm³/mol. The molecular weight excluding hydrogens is 120 g/mol. The fourth-order valence-electron chi connectivity index (χ4n) is 0.232.